The number of carbonyl (C=O) groups excluding carboxylic acids is 2. The predicted molar refractivity (Wildman–Crippen MR) is 131 cm³/mol. The van der Waals surface area contributed by atoms with Gasteiger partial charge < -0.3 is 10.2 Å². The smallest absolute Gasteiger partial charge is 0.278 e. The molecule has 2 heterocycles. The first-order valence-electron chi connectivity index (χ1n) is 11.7. The van der Waals surface area contributed by atoms with Gasteiger partial charge in [0.1, 0.15) is 5.70 Å². The van der Waals surface area contributed by atoms with Crippen LogP contribution < -0.4 is 10.2 Å². The molecule has 0 aliphatic carbocycles. The summed E-state index contributed by atoms with van der Waals surface area (Å²) in [6.07, 6.45) is 3.17. The van der Waals surface area contributed by atoms with Crippen molar-refractivity contribution < 1.29 is 9.59 Å². The molecule has 1 fully saturated rings. The summed E-state index contributed by atoms with van der Waals surface area (Å²) < 4.78 is 0. The van der Waals surface area contributed by atoms with Crippen molar-refractivity contribution >= 4 is 28.8 Å². The minimum Gasteiger partial charge on any atom is -0.372 e. The summed E-state index contributed by atoms with van der Waals surface area (Å²) in [6, 6.07) is 14.2. The number of nitrogens with zero attached hydrogens (tertiary/aromatic N) is 2. The third-order valence-corrected chi connectivity index (χ3v) is 6.55. The maximum absolute atomic E-state index is 13.2. The Balaban J connectivity index is 1.64. The summed E-state index contributed by atoms with van der Waals surface area (Å²) in [5.41, 5.74) is 5.79. The zero-order chi connectivity index (χ0) is 22.8. The first kappa shape index (κ1) is 22.1. The largest absolute Gasteiger partial charge is 0.372 e. The van der Waals surface area contributed by atoms with Crippen LogP contribution in [-0.4, -0.2) is 36.3 Å². The SMILES string of the molecule is CCCN1C(=O)C(Nc2ccc(N3CCC(C)CC3)cc2)=C(c2ccc(C)cc2C)C1=O. The van der Waals surface area contributed by atoms with Gasteiger partial charge in [-0.1, -0.05) is 37.6 Å². The molecule has 0 atom stereocenters. The normalized spacial score (nSPS) is 17.5. The van der Waals surface area contributed by atoms with Gasteiger partial charge in [0, 0.05) is 31.0 Å². The lowest BCUT2D eigenvalue weighted by Crippen LogP contribution is -2.33. The van der Waals surface area contributed by atoms with Crippen LogP contribution in [0.3, 0.4) is 0 Å². The number of nitrogens with one attached hydrogen (secondary N) is 1. The summed E-state index contributed by atoms with van der Waals surface area (Å²) in [5, 5.41) is 3.29. The van der Waals surface area contributed by atoms with E-state index in [1.807, 2.05) is 45.0 Å². The molecule has 4 rings (SSSR count). The van der Waals surface area contributed by atoms with Crippen molar-refractivity contribution in [2.75, 3.05) is 29.9 Å². The molecule has 2 aromatic carbocycles. The fraction of sp³-hybridized carbons (Fsp3) is 0.407. The standard InChI is InChI=1S/C27H33N3O2/c1-5-14-30-26(31)24(23-11-6-19(3)17-20(23)4)25(27(30)32)28-21-7-9-22(10-8-21)29-15-12-18(2)13-16-29/h6-11,17-18,28H,5,12-16H2,1-4H3. The van der Waals surface area contributed by atoms with Gasteiger partial charge >= 0.3 is 0 Å². The molecule has 0 bridgehead atoms. The Hall–Kier alpha value is -3.08. The van der Waals surface area contributed by atoms with Crippen LogP contribution in [0.5, 0.6) is 0 Å². The van der Waals surface area contributed by atoms with E-state index in [0.717, 1.165) is 47.8 Å². The molecule has 0 unspecified atom stereocenters. The lowest BCUT2D eigenvalue weighted by Gasteiger charge is -2.32. The van der Waals surface area contributed by atoms with E-state index in [9.17, 15) is 9.59 Å². The van der Waals surface area contributed by atoms with E-state index in [2.05, 4.69) is 35.3 Å². The number of piperidine rings is 1. The van der Waals surface area contributed by atoms with E-state index in [1.165, 1.54) is 23.4 Å². The number of benzene rings is 2. The van der Waals surface area contributed by atoms with Gasteiger partial charge in [-0.2, -0.15) is 0 Å². The van der Waals surface area contributed by atoms with Gasteiger partial charge in [-0.05, 0) is 74.4 Å². The van der Waals surface area contributed by atoms with Gasteiger partial charge in [-0.25, -0.2) is 0 Å². The van der Waals surface area contributed by atoms with Crippen LogP contribution in [0.4, 0.5) is 11.4 Å². The van der Waals surface area contributed by atoms with Crippen LogP contribution >= 0.6 is 0 Å². The van der Waals surface area contributed by atoms with Crippen molar-refractivity contribution in [1.82, 2.24) is 4.90 Å². The molecule has 1 saturated heterocycles. The highest BCUT2D eigenvalue weighted by molar-refractivity contribution is 6.36. The van der Waals surface area contributed by atoms with Crippen LogP contribution in [-0.2, 0) is 9.59 Å². The quantitative estimate of drug-likeness (QED) is 0.644. The first-order valence-corrected chi connectivity index (χ1v) is 11.7. The highest BCUT2D eigenvalue weighted by Gasteiger charge is 2.39. The maximum atomic E-state index is 13.2. The lowest BCUT2D eigenvalue weighted by molar-refractivity contribution is -0.136. The molecule has 2 amide bonds. The summed E-state index contributed by atoms with van der Waals surface area (Å²) in [6.45, 7) is 10.9. The van der Waals surface area contributed by atoms with Crippen molar-refractivity contribution in [1.29, 1.82) is 0 Å². The number of hydrogen-bond acceptors (Lipinski definition) is 4. The number of aryl methyl sites for hydroxylation is 2. The second kappa shape index (κ2) is 9.19. The molecule has 1 N–H and O–H groups in total. The van der Waals surface area contributed by atoms with Crippen LogP contribution in [0.25, 0.3) is 5.57 Å². The minimum absolute atomic E-state index is 0.217. The topological polar surface area (TPSA) is 52.7 Å². The number of imide groups is 1. The number of anilines is 2. The first-order chi connectivity index (χ1) is 15.4. The number of carbonyl (C=O) groups is 2. The van der Waals surface area contributed by atoms with E-state index < -0.39 is 0 Å². The zero-order valence-corrected chi connectivity index (χ0v) is 19.6. The lowest BCUT2D eigenvalue weighted by atomic mass is 9.97. The Bertz CT molecular complexity index is 1050. The van der Waals surface area contributed by atoms with Crippen LogP contribution in [0.15, 0.2) is 48.2 Å². The maximum Gasteiger partial charge on any atom is 0.278 e. The van der Waals surface area contributed by atoms with Crippen molar-refractivity contribution in [3.05, 3.63) is 64.9 Å². The van der Waals surface area contributed by atoms with Gasteiger partial charge in [-0.15, -0.1) is 0 Å². The van der Waals surface area contributed by atoms with Gasteiger partial charge in [-0.3, -0.25) is 14.5 Å². The second-order valence-electron chi connectivity index (χ2n) is 9.17. The molecule has 2 aromatic rings. The third-order valence-electron chi connectivity index (χ3n) is 6.55. The zero-order valence-electron chi connectivity index (χ0n) is 19.6. The molecule has 0 radical (unpaired) electrons. The molecular formula is C27H33N3O2. The Kier molecular flexibility index (Phi) is 6.35. The van der Waals surface area contributed by atoms with Gasteiger partial charge in [0.2, 0.25) is 0 Å². The minimum atomic E-state index is -0.249. The Morgan fingerprint density at radius 3 is 2.28 bits per heavy atom. The van der Waals surface area contributed by atoms with Gasteiger partial charge in [0.15, 0.2) is 0 Å². The summed E-state index contributed by atoms with van der Waals surface area (Å²) in [5.74, 6) is 0.325. The van der Waals surface area contributed by atoms with E-state index in [0.29, 0.717) is 17.8 Å². The van der Waals surface area contributed by atoms with Gasteiger partial charge in [0.25, 0.3) is 11.8 Å². The van der Waals surface area contributed by atoms with Crippen molar-refractivity contribution in [2.24, 2.45) is 5.92 Å². The van der Waals surface area contributed by atoms with Crippen molar-refractivity contribution in [3.63, 3.8) is 0 Å². The van der Waals surface area contributed by atoms with Crippen LogP contribution in [0, 0.1) is 19.8 Å². The predicted octanol–water partition coefficient (Wildman–Crippen LogP) is 5.14. The van der Waals surface area contributed by atoms with Crippen molar-refractivity contribution in [2.45, 2.75) is 47.0 Å². The number of hydrogen-bond donors (Lipinski definition) is 1. The Labute approximate surface area is 191 Å². The average molecular weight is 432 g/mol. The summed E-state index contributed by atoms with van der Waals surface area (Å²) in [7, 11) is 0. The molecule has 2 aliphatic rings. The molecular weight excluding hydrogens is 398 g/mol. The molecule has 5 nitrogen and oxygen atoms in total. The monoisotopic (exact) mass is 431 g/mol. The molecule has 0 spiro atoms. The Morgan fingerprint density at radius 1 is 0.969 bits per heavy atom. The number of rotatable bonds is 6. The molecule has 5 heteroatoms. The van der Waals surface area contributed by atoms with Gasteiger partial charge in [0.05, 0.1) is 5.57 Å². The third kappa shape index (κ3) is 4.29. The summed E-state index contributed by atoms with van der Waals surface area (Å²) in [4.78, 5) is 30.2. The van der Waals surface area contributed by atoms with Crippen molar-refractivity contribution in [3.8, 4) is 0 Å². The average Bonchev–Trinajstić information content (AvgIpc) is 3.00. The molecule has 0 saturated carbocycles. The highest BCUT2D eigenvalue weighted by Crippen LogP contribution is 2.33. The molecule has 32 heavy (non-hydrogen) atoms. The second-order valence-corrected chi connectivity index (χ2v) is 9.17. The molecule has 168 valence electrons. The fourth-order valence-corrected chi connectivity index (χ4v) is 4.63. The van der Waals surface area contributed by atoms with E-state index in [-0.39, 0.29) is 11.8 Å². The Morgan fingerprint density at radius 2 is 1.66 bits per heavy atom. The van der Waals surface area contributed by atoms with E-state index in [1.54, 1.807) is 0 Å². The molecule has 2 aliphatic heterocycles. The van der Waals surface area contributed by atoms with Crippen LogP contribution in [0.1, 0.15) is 49.8 Å². The van der Waals surface area contributed by atoms with E-state index in [4.69, 9.17) is 0 Å². The van der Waals surface area contributed by atoms with Crippen LogP contribution in [0.2, 0.25) is 0 Å². The highest BCUT2D eigenvalue weighted by atomic mass is 16.2. The van der Waals surface area contributed by atoms with E-state index >= 15 is 0 Å². The summed E-state index contributed by atoms with van der Waals surface area (Å²) >= 11 is 0. The number of amides is 2. The molecule has 0 aromatic heterocycles. The fourth-order valence-electron chi connectivity index (χ4n) is 4.63.